The van der Waals surface area contributed by atoms with E-state index < -0.39 is 0 Å². The summed E-state index contributed by atoms with van der Waals surface area (Å²) in [6.07, 6.45) is 3.65. The smallest absolute Gasteiger partial charge is 0.322 e. The van der Waals surface area contributed by atoms with Crippen LogP contribution in [0.2, 0.25) is 0 Å². The second-order valence-corrected chi connectivity index (χ2v) is 7.64. The quantitative estimate of drug-likeness (QED) is 0.621. The number of benzene rings is 2. The molecule has 0 bridgehead atoms. The Morgan fingerprint density at radius 3 is 2.87 bits per heavy atom. The van der Waals surface area contributed by atoms with Crippen molar-refractivity contribution in [3.8, 4) is 17.0 Å². The summed E-state index contributed by atoms with van der Waals surface area (Å²) in [7, 11) is 0. The Morgan fingerprint density at radius 2 is 2.10 bits per heavy atom. The molecule has 160 valence electrons. The van der Waals surface area contributed by atoms with Crippen LogP contribution in [0.25, 0.3) is 11.3 Å². The molecule has 1 aliphatic rings. The van der Waals surface area contributed by atoms with E-state index in [1.165, 1.54) is 0 Å². The summed E-state index contributed by atoms with van der Waals surface area (Å²) < 4.78 is 5.74. The normalized spacial score (nSPS) is 15.6. The molecule has 4 rings (SSSR count). The number of nitrogens with zero attached hydrogens (tertiary/aromatic N) is 3. The van der Waals surface area contributed by atoms with E-state index in [1.807, 2.05) is 49.4 Å². The molecule has 0 spiro atoms. The Bertz CT molecular complexity index is 1050. The Balaban J connectivity index is 1.52. The van der Waals surface area contributed by atoms with Gasteiger partial charge in [0.1, 0.15) is 11.6 Å². The second kappa shape index (κ2) is 9.57. The van der Waals surface area contributed by atoms with Crippen molar-refractivity contribution in [2.75, 3.05) is 18.5 Å². The van der Waals surface area contributed by atoms with E-state index in [0.29, 0.717) is 30.2 Å². The van der Waals surface area contributed by atoms with Gasteiger partial charge in [0.2, 0.25) is 0 Å². The van der Waals surface area contributed by atoms with Crippen LogP contribution >= 0.6 is 0 Å². The lowest BCUT2D eigenvalue weighted by Gasteiger charge is -2.26. The molecule has 1 fully saturated rings. The minimum absolute atomic E-state index is 0.00642. The van der Waals surface area contributed by atoms with E-state index in [2.05, 4.69) is 15.3 Å². The van der Waals surface area contributed by atoms with E-state index in [1.54, 1.807) is 23.2 Å². The van der Waals surface area contributed by atoms with Crippen LogP contribution in [0.3, 0.4) is 0 Å². The maximum atomic E-state index is 13.2. The Labute approximate surface area is 181 Å². The highest BCUT2D eigenvalue weighted by Gasteiger charge is 2.23. The number of phenolic OH excluding ortho intramolecular Hbond substituents is 1. The lowest BCUT2D eigenvalue weighted by molar-refractivity contribution is 0.0817. The molecule has 1 unspecified atom stereocenters. The van der Waals surface area contributed by atoms with E-state index in [-0.39, 0.29) is 17.9 Å². The monoisotopic (exact) mass is 418 g/mol. The number of carbonyl (C=O) groups is 1. The average molecular weight is 418 g/mol. The molecule has 0 saturated carbocycles. The van der Waals surface area contributed by atoms with Gasteiger partial charge in [-0.15, -0.1) is 0 Å². The molecule has 1 saturated heterocycles. The van der Waals surface area contributed by atoms with Gasteiger partial charge in [-0.05, 0) is 44.0 Å². The van der Waals surface area contributed by atoms with E-state index in [4.69, 9.17) is 4.74 Å². The molecule has 1 atom stereocenters. The molecular formula is C24H26N4O3. The van der Waals surface area contributed by atoms with Crippen molar-refractivity contribution in [3.63, 3.8) is 0 Å². The van der Waals surface area contributed by atoms with Crippen LogP contribution in [0.15, 0.2) is 60.8 Å². The zero-order valence-corrected chi connectivity index (χ0v) is 17.5. The molecule has 0 aliphatic carbocycles. The number of aromatic hydroxyl groups is 1. The number of hydrogen-bond donors (Lipinski definition) is 2. The van der Waals surface area contributed by atoms with Gasteiger partial charge in [-0.1, -0.05) is 30.3 Å². The van der Waals surface area contributed by atoms with Crippen molar-refractivity contribution in [2.24, 2.45) is 0 Å². The Kier molecular flexibility index (Phi) is 6.43. The molecule has 1 aromatic heterocycles. The average Bonchev–Trinajstić information content (AvgIpc) is 3.28. The number of urea groups is 1. The maximum Gasteiger partial charge on any atom is 0.322 e. The molecule has 2 amide bonds. The van der Waals surface area contributed by atoms with Crippen LogP contribution < -0.4 is 5.32 Å². The summed E-state index contributed by atoms with van der Waals surface area (Å²) in [6.45, 7) is 3.32. The molecular weight excluding hydrogens is 392 g/mol. The van der Waals surface area contributed by atoms with Crippen LogP contribution in [0.4, 0.5) is 10.5 Å². The zero-order chi connectivity index (χ0) is 21.6. The number of carbonyl (C=O) groups excluding carboxylic acids is 1. The van der Waals surface area contributed by atoms with E-state index in [9.17, 15) is 9.90 Å². The number of ether oxygens (including phenoxy) is 1. The maximum absolute atomic E-state index is 13.2. The number of anilines is 1. The highest BCUT2D eigenvalue weighted by Crippen LogP contribution is 2.23. The predicted molar refractivity (Wildman–Crippen MR) is 119 cm³/mol. The molecule has 7 heteroatoms. The van der Waals surface area contributed by atoms with Crippen molar-refractivity contribution in [1.82, 2.24) is 14.9 Å². The van der Waals surface area contributed by atoms with Gasteiger partial charge in [0.15, 0.2) is 0 Å². The van der Waals surface area contributed by atoms with Crippen molar-refractivity contribution in [2.45, 2.75) is 32.4 Å². The van der Waals surface area contributed by atoms with Crippen molar-refractivity contribution >= 4 is 11.7 Å². The first-order valence-corrected chi connectivity index (χ1v) is 10.4. The fraction of sp³-hybridized carbons (Fsp3) is 0.292. The minimum Gasteiger partial charge on any atom is -0.508 e. The Hall–Kier alpha value is -3.45. The highest BCUT2D eigenvalue weighted by molar-refractivity contribution is 5.90. The second-order valence-electron chi connectivity index (χ2n) is 7.64. The van der Waals surface area contributed by atoms with Crippen LogP contribution in [0.5, 0.6) is 5.75 Å². The summed E-state index contributed by atoms with van der Waals surface area (Å²) in [4.78, 5) is 23.4. The van der Waals surface area contributed by atoms with Gasteiger partial charge in [-0.25, -0.2) is 14.8 Å². The SMILES string of the molecule is Cc1nccc(-c2cccc(NC(=O)N(Cc3ccccc3O)CC3CCCO3)c2)n1. The number of nitrogens with one attached hydrogen (secondary N) is 1. The summed E-state index contributed by atoms with van der Waals surface area (Å²) in [5.74, 6) is 0.867. The largest absolute Gasteiger partial charge is 0.508 e. The summed E-state index contributed by atoms with van der Waals surface area (Å²) in [6, 6.07) is 16.2. The van der Waals surface area contributed by atoms with Crippen molar-refractivity contribution in [1.29, 1.82) is 0 Å². The topological polar surface area (TPSA) is 87.6 Å². The standard InChI is InChI=1S/C24H26N4O3/c1-17-25-12-11-22(26-17)18-7-4-8-20(14-18)27-24(30)28(16-21-9-5-13-31-21)15-19-6-2-3-10-23(19)29/h2-4,6-8,10-12,14,21,29H,5,9,13,15-16H2,1H3,(H,27,30). The third-order valence-corrected chi connectivity index (χ3v) is 5.27. The zero-order valence-electron chi connectivity index (χ0n) is 17.5. The van der Waals surface area contributed by atoms with Gasteiger partial charge in [0, 0.05) is 36.2 Å². The number of phenols is 1. The number of aryl methyl sites for hydroxylation is 1. The van der Waals surface area contributed by atoms with Gasteiger partial charge >= 0.3 is 6.03 Å². The molecule has 1 aliphatic heterocycles. The van der Waals surface area contributed by atoms with Crippen molar-refractivity contribution < 1.29 is 14.6 Å². The van der Waals surface area contributed by atoms with Gasteiger partial charge in [0.05, 0.1) is 18.3 Å². The van der Waals surface area contributed by atoms with Crippen molar-refractivity contribution in [3.05, 3.63) is 72.2 Å². The third-order valence-electron chi connectivity index (χ3n) is 5.27. The number of amides is 2. The fourth-order valence-corrected chi connectivity index (χ4v) is 3.68. The van der Waals surface area contributed by atoms with Gasteiger partial charge in [0.25, 0.3) is 0 Å². The number of rotatable bonds is 6. The third kappa shape index (κ3) is 5.38. The molecule has 2 heterocycles. The first kappa shape index (κ1) is 20.8. The number of aromatic nitrogens is 2. The molecule has 0 radical (unpaired) electrons. The first-order valence-electron chi connectivity index (χ1n) is 10.4. The minimum atomic E-state index is -0.241. The number of para-hydroxylation sites is 1. The lowest BCUT2D eigenvalue weighted by atomic mass is 10.1. The van der Waals surface area contributed by atoms with Gasteiger partial charge in [-0.3, -0.25) is 0 Å². The summed E-state index contributed by atoms with van der Waals surface area (Å²) in [5.41, 5.74) is 3.07. The molecule has 3 aromatic rings. The highest BCUT2D eigenvalue weighted by atomic mass is 16.5. The first-order chi connectivity index (χ1) is 15.1. The van der Waals surface area contributed by atoms with E-state index >= 15 is 0 Å². The van der Waals surface area contributed by atoms with E-state index in [0.717, 1.165) is 30.7 Å². The summed E-state index contributed by atoms with van der Waals surface area (Å²) in [5, 5.41) is 13.2. The number of hydrogen-bond acceptors (Lipinski definition) is 5. The van der Waals surface area contributed by atoms with Crippen LogP contribution in [0.1, 0.15) is 24.2 Å². The molecule has 7 nitrogen and oxygen atoms in total. The van der Waals surface area contributed by atoms with Crippen LogP contribution in [0, 0.1) is 6.92 Å². The molecule has 31 heavy (non-hydrogen) atoms. The predicted octanol–water partition coefficient (Wildman–Crippen LogP) is 4.37. The summed E-state index contributed by atoms with van der Waals surface area (Å²) >= 11 is 0. The Morgan fingerprint density at radius 1 is 1.23 bits per heavy atom. The van der Waals surface area contributed by atoms with Crippen LogP contribution in [-0.2, 0) is 11.3 Å². The molecule has 2 N–H and O–H groups in total. The molecule has 2 aromatic carbocycles. The van der Waals surface area contributed by atoms with Crippen LogP contribution in [-0.4, -0.2) is 45.3 Å². The lowest BCUT2D eigenvalue weighted by Crippen LogP contribution is -2.39. The van der Waals surface area contributed by atoms with Gasteiger partial charge < -0.3 is 20.1 Å². The van der Waals surface area contributed by atoms with Gasteiger partial charge in [-0.2, -0.15) is 0 Å². The fourth-order valence-electron chi connectivity index (χ4n) is 3.68.